The van der Waals surface area contributed by atoms with Gasteiger partial charge in [-0.05, 0) is 30.5 Å². The zero-order chi connectivity index (χ0) is 15.2. The van der Waals surface area contributed by atoms with Gasteiger partial charge < -0.3 is 16.2 Å². The van der Waals surface area contributed by atoms with Crippen LogP contribution in [0, 0.1) is 5.41 Å². The van der Waals surface area contributed by atoms with Gasteiger partial charge in [-0.2, -0.15) is 0 Å². The molecule has 5 heteroatoms. The van der Waals surface area contributed by atoms with Crippen LogP contribution in [0.1, 0.15) is 42.6 Å². The van der Waals surface area contributed by atoms with E-state index in [2.05, 4.69) is 5.32 Å². The highest BCUT2D eigenvalue weighted by Crippen LogP contribution is 2.25. The van der Waals surface area contributed by atoms with Gasteiger partial charge in [-0.15, -0.1) is 0 Å². The lowest BCUT2D eigenvalue weighted by molar-refractivity contribution is -0.149. The van der Waals surface area contributed by atoms with E-state index < -0.39 is 17.3 Å². The Hall–Kier alpha value is -1.88. The number of amides is 1. The van der Waals surface area contributed by atoms with Crippen LogP contribution in [-0.4, -0.2) is 23.5 Å². The summed E-state index contributed by atoms with van der Waals surface area (Å²) in [6.07, 6.45) is 1.18. The summed E-state index contributed by atoms with van der Waals surface area (Å²) in [5.41, 5.74) is 5.91. The van der Waals surface area contributed by atoms with Crippen molar-refractivity contribution < 1.29 is 14.7 Å². The SMILES string of the molecule is CCC(CC)(CNCc1ccc(C(N)=O)cc1)C(=O)O. The number of nitrogens with one attached hydrogen (secondary N) is 1. The molecule has 0 fully saturated rings. The Bertz CT molecular complexity index is 465. The van der Waals surface area contributed by atoms with Crippen molar-refractivity contribution in [2.24, 2.45) is 11.1 Å². The zero-order valence-electron chi connectivity index (χ0n) is 12.0. The van der Waals surface area contributed by atoms with Crippen molar-refractivity contribution in [1.82, 2.24) is 5.32 Å². The Morgan fingerprint density at radius 1 is 1.20 bits per heavy atom. The summed E-state index contributed by atoms with van der Waals surface area (Å²) in [5, 5.41) is 12.5. The number of hydrogen-bond donors (Lipinski definition) is 3. The monoisotopic (exact) mass is 278 g/mol. The summed E-state index contributed by atoms with van der Waals surface area (Å²) in [4.78, 5) is 22.3. The van der Waals surface area contributed by atoms with Gasteiger partial charge in [-0.3, -0.25) is 9.59 Å². The number of nitrogens with two attached hydrogens (primary N) is 1. The van der Waals surface area contributed by atoms with E-state index in [1.165, 1.54) is 0 Å². The molecule has 0 radical (unpaired) electrons. The van der Waals surface area contributed by atoms with Gasteiger partial charge in [-0.1, -0.05) is 26.0 Å². The molecule has 0 spiro atoms. The van der Waals surface area contributed by atoms with E-state index >= 15 is 0 Å². The van der Waals surface area contributed by atoms with Crippen LogP contribution in [0.25, 0.3) is 0 Å². The average Bonchev–Trinajstić information content (AvgIpc) is 2.44. The molecule has 20 heavy (non-hydrogen) atoms. The molecule has 1 amide bonds. The summed E-state index contributed by atoms with van der Waals surface area (Å²) in [5.74, 6) is -1.22. The first kappa shape index (κ1) is 16.2. The lowest BCUT2D eigenvalue weighted by Crippen LogP contribution is -2.40. The molecule has 0 atom stereocenters. The number of aliphatic carboxylic acids is 1. The molecule has 0 aliphatic heterocycles. The van der Waals surface area contributed by atoms with Crippen molar-refractivity contribution in [3.63, 3.8) is 0 Å². The Balaban J connectivity index is 2.59. The zero-order valence-corrected chi connectivity index (χ0v) is 12.0. The van der Waals surface area contributed by atoms with Crippen molar-refractivity contribution in [2.75, 3.05) is 6.54 Å². The lowest BCUT2D eigenvalue weighted by atomic mass is 9.82. The molecular formula is C15H22N2O3. The Morgan fingerprint density at radius 2 is 1.75 bits per heavy atom. The van der Waals surface area contributed by atoms with Crippen LogP contribution < -0.4 is 11.1 Å². The van der Waals surface area contributed by atoms with Crippen molar-refractivity contribution in [3.05, 3.63) is 35.4 Å². The standard InChI is InChI=1S/C15H22N2O3/c1-3-15(4-2,14(19)20)10-17-9-11-5-7-12(8-6-11)13(16)18/h5-8,17H,3-4,9-10H2,1-2H3,(H2,16,18)(H,19,20). The van der Waals surface area contributed by atoms with Crippen LogP contribution in [0.2, 0.25) is 0 Å². The fraction of sp³-hybridized carbons (Fsp3) is 0.467. The molecule has 110 valence electrons. The third-order valence-corrected chi connectivity index (χ3v) is 3.84. The molecule has 0 aromatic heterocycles. The van der Waals surface area contributed by atoms with Crippen molar-refractivity contribution >= 4 is 11.9 Å². The third kappa shape index (κ3) is 3.81. The van der Waals surface area contributed by atoms with Crippen molar-refractivity contribution in [1.29, 1.82) is 0 Å². The Labute approximate surface area is 119 Å². The second-order valence-corrected chi connectivity index (χ2v) is 4.96. The van der Waals surface area contributed by atoms with Crippen molar-refractivity contribution in [2.45, 2.75) is 33.2 Å². The van der Waals surface area contributed by atoms with Gasteiger partial charge in [-0.25, -0.2) is 0 Å². The number of carbonyl (C=O) groups is 2. The Kier molecular flexibility index (Phi) is 5.70. The van der Waals surface area contributed by atoms with Gasteiger partial charge in [0.15, 0.2) is 0 Å². The number of carboxylic acid groups (broad SMARTS) is 1. The summed E-state index contributed by atoms with van der Waals surface area (Å²) in [7, 11) is 0. The second kappa shape index (κ2) is 7.05. The Morgan fingerprint density at radius 3 is 2.15 bits per heavy atom. The number of hydrogen-bond acceptors (Lipinski definition) is 3. The third-order valence-electron chi connectivity index (χ3n) is 3.84. The van der Waals surface area contributed by atoms with Gasteiger partial charge in [0.25, 0.3) is 0 Å². The molecular weight excluding hydrogens is 256 g/mol. The first-order valence-corrected chi connectivity index (χ1v) is 6.78. The maximum atomic E-state index is 11.4. The van der Waals surface area contributed by atoms with Gasteiger partial charge in [0, 0.05) is 18.7 Å². The molecule has 1 aromatic rings. The summed E-state index contributed by atoms with van der Waals surface area (Å²) in [6, 6.07) is 6.97. The largest absolute Gasteiger partial charge is 0.481 e. The lowest BCUT2D eigenvalue weighted by Gasteiger charge is -2.27. The van der Waals surface area contributed by atoms with Crippen LogP contribution in [-0.2, 0) is 11.3 Å². The summed E-state index contributed by atoms with van der Waals surface area (Å²) in [6.45, 7) is 4.77. The minimum atomic E-state index is -0.765. The van der Waals surface area contributed by atoms with E-state index in [0.29, 0.717) is 31.5 Å². The molecule has 0 aliphatic carbocycles. The molecule has 1 rings (SSSR count). The normalized spacial score (nSPS) is 11.3. The van der Waals surface area contributed by atoms with Crippen LogP contribution in [0.3, 0.4) is 0 Å². The quantitative estimate of drug-likeness (QED) is 0.675. The molecule has 0 unspecified atom stereocenters. The van der Waals surface area contributed by atoms with E-state index in [4.69, 9.17) is 5.73 Å². The van der Waals surface area contributed by atoms with Gasteiger partial charge in [0.1, 0.15) is 0 Å². The predicted molar refractivity (Wildman–Crippen MR) is 77.3 cm³/mol. The van der Waals surface area contributed by atoms with Crippen molar-refractivity contribution in [3.8, 4) is 0 Å². The number of carboxylic acids is 1. The van der Waals surface area contributed by atoms with E-state index in [0.717, 1.165) is 5.56 Å². The fourth-order valence-corrected chi connectivity index (χ4v) is 2.11. The highest BCUT2D eigenvalue weighted by atomic mass is 16.4. The predicted octanol–water partition coefficient (Wildman–Crippen LogP) is 1.77. The van der Waals surface area contributed by atoms with Crippen LogP contribution >= 0.6 is 0 Å². The molecule has 1 aromatic carbocycles. The van der Waals surface area contributed by atoms with Gasteiger partial charge in [0.05, 0.1) is 5.41 Å². The first-order valence-electron chi connectivity index (χ1n) is 6.78. The fourth-order valence-electron chi connectivity index (χ4n) is 2.11. The number of rotatable bonds is 8. The molecule has 0 saturated heterocycles. The molecule has 0 bridgehead atoms. The summed E-state index contributed by atoms with van der Waals surface area (Å²) >= 11 is 0. The van der Waals surface area contributed by atoms with E-state index in [1.54, 1.807) is 12.1 Å². The van der Waals surface area contributed by atoms with Crippen LogP contribution in [0.15, 0.2) is 24.3 Å². The average molecular weight is 278 g/mol. The topological polar surface area (TPSA) is 92.4 Å². The number of benzene rings is 1. The van der Waals surface area contributed by atoms with E-state index in [-0.39, 0.29) is 0 Å². The van der Waals surface area contributed by atoms with E-state index in [1.807, 2.05) is 26.0 Å². The molecule has 0 heterocycles. The van der Waals surface area contributed by atoms with Gasteiger partial charge in [0.2, 0.25) is 5.91 Å². The first-order chi connectivity index (χ1) is 9.45. The minimum Gasteiger partial charge on any atom is -0.481 e. The van der Waals surface area contributed by atoms with Crippen LogP contribution in [0.5, 0.6) is 0 Å². The highest BCUT2D eigenvalue weighted by Gasteiger charge is 2.34. The summed E-state index contributed by atoms with van der Waals surface area (Å²) < 4.78 is 0. The molecule has 0 saturated carbocycles. The van der Waals surface area contributed by atoms with Crippen LogP contribution in [0.4, 0.5) is 0 Å². The number of primary amides is 1. The van der Waals surface area contributed by atoms with Gasteiger partial charge >= 0.3 is 5.97 Å². The maximum Gasteiger partial charge on any atom is 0.310 e. The molecule has 4 N–H and O–H groups in total. The smallest absolute Gasteiger partial charge is 0.310 e. The maximum absolute atomic E-state index is 11.4. The molecule has 0 aliphatic rings. The number of carbonyl (C=O) groups excluding carboxylic acids is 1. The highest BCUT2D eigenvalue weighted by molar-refractivity contribution is 5.92. The van der Waals surface area contributed by atoms with E-state index in [9.17, 15) is 14.7 Å². The molecule has 5 nitrogen and oxygen atoms in total. The second-order valence-electron chi connectivity index (χ2n) is 4.96. The minimum absolute atomic E-state index is 0.424.